The molecule has 0 aliphatic carbocycles. The maximum atomic E-state index is 12.9. The number of nitrogens with one attached hydrogen (secondary N) is 5. The van der Waals surface area contributed by atoms with Crippen LogP contribution in [0.2, 0.25) is 0 Å². The first-order chi connectivity index (χ1) is 20.4. The summed E-state index contributed by atoms with van der Waals surface area (Å²) in [7, 11) is 0. The third kappa shape index (κ3) is 15.0. The van der Waals surface area contributed by atoms with Gasteiger partial charge in [0.25, 0.3) is 0 Å². The van der Waals surface area contributed by atoms with Gasteiger partial charge in [-0.3, -0.25) is 28.8 Å². The van der Waals surface area contributed by atoms with Gasteiger partial charge < -0.3 is 48.9 Å². The predicted molar refractivity (Wildman–Crippen MR) is 159 cm³/mol. The second-order valence-corrected chi connectivity index (χ2v) is 10.2. The molecule has 0 radical (unpaired) electrons. The molecule has 6 amide bonds. The highest BCUT2D eigenvalue weighted by Crippen LogP contribution is 2.11. The second kappa shape index (κ2) is 19.8. The normalized spacial score (nSPS) is 13.5. The molecule has 1 aromatic carbocycles. The third-order valence-electron chi connectivity index (χ3n) is 6.45. The van der Waals surface area contributed by atoms with E-state index in [1.54, 1.807) is 12.1 Å². The van der Waals surface area contributed by atoms with Crippen LogP contribution in [-0.4, -0.2) is 84.4 Å². The molecule has 0 saturated heterocycles. The van der Waals surface area contributed by atoms with Gasteiger partial charge in [0.1, 0.15) is 29.9 Å². The summed E-state index contributed by atoms with van der Waals surface area (Å²) in [6.45, 7) is 3.05. The summed E-state index contributed by atoms with van der Waals surface area (Å²) < 4.78 is 0. The number of unbranched alkanes of at least 4 members (excludes halogenated alkanes) is 2. The molecule has 15 nitrogen and oxygen atoms in total. The summed E-state index contributed by atoms with van der Waals surface area (Å²) in [5.74, 6) is -3.65. The van der Waals surface area contributed by atoms with E-state index in [0.717, 1.165) is 0 Å². The van der Waals surface area contributed by atoms with Gasteiger partial charge in [-0.15, -0.1) is 0 Å². The SMILES string of the molecule is CC(=O)N[C@@H](CCCCN)C(=O)N[C@@H](C)C(=O)N[C@@H](CCCCN)C(=O)NCC(=O)N[C@@H](Cc1ccc(O)cc1)C(N)=O. The Balaban J connectivity index is 2.77. The van der Waals surface area contributed by atoms with Gasteiger partial charge in [-0.2, -0.15) is 0 Å². The van der Waals surface area contributed by atoms with E-state index >= 15 is 0 Å². The van der Waals surface area contributed by atoms with E-state index in [1.807, 2.05) is 0 Å². The number of nitrogens with two attached hydrogens (primary N) is 3. The van der Waals surface area contributed by atoms with Gasteiger partial charge in [-0.1, -0.05) is 12.1 Å². The Labute approximate surface area is 251 Å². The lowest BCUT2D eigenvalue weighted by Crippen LogP contribution is -2.56. The largest absolute Gasteiger partial charge is 0.508 e. The summed E-state index contributed by atoms with van der Waals surface area (Å²) >= 11 is 0. The molecular formula is C28H46N8O7. The number of phenols is 1. The van der Waals surface area contributed by atoms with E-state index in [9.17, 15) is 33.9 Å². The fourth-order valence-electron chi connectivity index (χ4n) is 4.07. The standard InChI is InChI=1S/C28H46N8O7/c1-17(33-28(43)22(34-18(2)37)8-4-6-14-30)26(41)36-21(7-3-5-13-29)27(42)32-16-24(39)35-23(25(31)40)15-19-9-11-20(38)12-10-19/h9-12,17,21-23,38H,3-8,13-16,29-30H2,1-2H3,(H2,31,40)(H,32,42)(H,33,43)(H,34,37)(H,35,39)(H,36,41)/t17-,21-,22-,23-/m0/s1. The highest BCUT2D eigenvalue weighted by atomic mass is 16.3. The van der Waals surface area contributed by atoms with E-state index in [4.69, 9.17) is 17.2 Å². The van der Waals surface area contributed by atoms with Gasteiger partial charge >= 0.3 is 0 Å². The first kappa shape index (κ1) is 36.8. The minimum absolute atomic E-state index is 0.0449. The molecule has 12 N–H and O–H groups in total. The summed E-state index contributed by atoms with van der Waals surface area (Å²) in [5.41, 5.74) is 17.1. The molecule has 0 aromatic heterocycles. The zero-order chi connectivity index (χ0) is 32.4. The van der Waals surface area contributed by atoms with E-state index in [0.29, 0.717) is 50.8 Å². The lowest BCUT2D eigenvalue weighted by Gasteiger charge is -2.23. The number of primary amides is 1. The van der Waals surface area contributed by atoms with Crippen molar-refractivity contribution in [1.29, 1.82) is 0 Å². The average Bonchev–Trinajstić information content (AvgIpc) is 2.95. The fourth-order valence-corrected chi connectivity index (χ4v) is 4.07. The number of benzene rings is 1. The number of hydrogen-bond donors (Lipinski definition) is 9. The van der Waals surface area contributed by atoms with Crippen LogP contribution in [0.1, 0.15) is 57.9 Å². The third-order valence-corrected chi connectivity index (χ3v) is 6.45. The first-order valence-electron chi connectivity index (χ1n) is 14.3. The van der Waals surface area contributed by atoms with Crippen LogP contribution in [0.5, 0.6) is 5.75 Å². The molecule has 0 saturated carbocycles. The monoisotopic (exact) mass is 606 g/mol. The molecule has 240 valence electrons. The van der Waals surface area contributed by atoms with E-state index in [2.05, 4.69) is 26.6 Å². The zero-order valence-corrected chi connectivity index (χ0v) is 24.8. The molecular weight excluding hydrogens is 560 g/mol. The Hall–Kier alpha value is -4.24. The minimum atomic E-state index is -1.06. The van der Waals surface area contributed by atoms with Crippen molar-refractivity contribution in [3.8, 4) is 5.75 Å². The number of carbonyl (C=O) groups is 6. The van der Waals surface area contributed by atoms with Gasteiger partial charge in [0.15, 0.2) is 0 Å². The molecule has 0 aliphatic heterocycles. The average molecular weight is 607 g/mol. The van der Waals surface area contributed by atoms with Crippen LogP contribution < -0.4 is 43.8 Å². The van der Waals surface area contributed by atoms with Crippen molar-refractivity contribution < 1.29 is 33.9 Å². The zero-order valence-electron chi connectivity index (χ0n) is 24.8. The van der Waals surface area contributed by atoms with E-state index in [-0.39, 0.29) is 18.6 Å². The highest BCUT2D eigenvalue weighted by molar-refractivity contribution is 5.95. The van der Waals surface area contributed by atoms with Gasteiger partial charge in [0.2, 0.25) is 35.4 Å². The van der Waals surface area contributed by atoms with Gasteiger partial charge in [0, 0.05) is 13.3 Å². The maximum Gasteiger partial charge on any atom is 0.243 e. The van der Waals surface area contributed by atoms with Crippen molar-refractivity contribution in [2.45, 2.75) is 83.0 Å². The predicted octanol–water partition coefficient (Wildman–Crippen LogP) is -2.23. The van der Waals surface area contributed by atoms with Crippen LogP contribution in [0.3, 0.4) is 0 Å². The van der Waals surface area contributed by atoms with Crippen LogP contribution in [0, 0.1) is 0 Å². The number of aromatic hydroxyl groups is 1. The molecule has 0 aliphatic rings. The Morgan fingerprint density at radius 1 is 0.744 bits per heavy atom. The number of carbonyl (C=O) groups excluding carboxylic acids is 6. The van der Waals surface area contributed by atoms with Crippen molar-refractivity contribution in [3.63, 3.8) is 0 Å². The number of phenolic OH excluding ortho intramolecular Hbond substituents is 1. The lowest BCUT2D eigenvalue weighted by atomic mass is 10.1. The molecule has 0 fully saturated rings. The summed E-state index contributed by atoms with van der Waals surface area (Å²) in [5, 5.41) is 22.1. The highest BCUT2D eigenvalue weighted by Gasteiger charge is 2.27. The summed E-state index contributed by atoms with van der Waals surface area (Å²) in [6.07, 6.45) is 2.99. The van der Waals surface area contributed by atoms with Crippen LogP contribution >= 0.6 is 0 Å². The molecule has 0 bridgehead atoms. The Morgan fingerprint density at radius 2 is 1.30 bits per heavy atom. The molecule has 4 atom stereocenters. The van der Waals surface area contributed by atoms with Crippen molar-refractivity contribution >= 4 is 35.4 Å². The second-order valence-electron chi connectivity index (χ2n) is 10.2. The smallest absolute Gasteiger partial charge is 0.243 e. The van der Waals surface area contributed by atoms with Crippen LogP contribution in [-0.2, 0) is 35.2 Å². The minimum Gasteiger partial charge on any atom is -0.508 e. The molecule has 0 spiro atoms. The molecule has 15 heteroatoms. The van der Waals surface area contributed by atoms with Crippen molar-refractivity contribution in [1.82, 2.24) is 26.6 Å². The Morgan fingerprint density at radius 3 is 1.81 bits per heavy atom. The quantitative estimate of drug-likeness (QED) is 0.0727. The Bertz CT molecular complexity index is 1080. The van der Waals surface area contributed by atoms with Gasteiger partial charge in [-0.25, -0.2) is 0 Å². The van der Waals surface area contributed by atoms with E-state index < -0.39 is 66.2 Å². The fraction of sp³-hybridized carbons (Fsp3) is 0.571. The van der Waals surface area contributed by atoms with Gasteiger partial charge in [-0.05, 0) is 76.2 Å². The van der Waals surface area contributed by atoms with Crippen molar-refractivity contribution in [2.75, 3.05) is 19.6 Å². The molecule has 0 unspecified atom stereocenters. The van der Waals surface area contributed by atoms with Gasteiger partial charge in [0.05, 0.1) is 6.54 Å². The van der Waals surface area contributed by atoms with Crippen LogP contribution in [0.4, 0.5) is 0 Å². The molecule has 0 heterocycles. The maximum absolute atomic E-state index is 12.9. The lowest BCUT2D eigenvalue weighted by molar-refractivity contribution is -0.133. The summed E-state index contributed by atoms with van der Waals surface area (Å²) in [6, 6.07) is 2.05. The van der Waals surface area contributed by atoms with Crippen LogP contribution in [0.25, 0.3) is 0 Å². The molecule has 1 aromatic rings. The van der Waals surface area contributed by atoms with Crippen LogP contribution in [0.15, 0.2) is 24.3 Å². The number of amides is 6. The van der Waals surface area contributed by atoms with Crippen molar-refractivity contribution in [2.24, 2.45) is 17.2 Å². The van der Waals surface area contributed by atoms with Crippen molar-refractivity contribution in [3.05, 3.63) is 29.8 Å². The summed E-state index contributed by atoms with van der Waals surface area (Å²) in [4.78, 5) is 74.5. The Kier molecular flexibility index (Phi) is 16.9. The number of hydrogen-bond acceptors (Lipinski definition) is 9. The first-order valence-corrected chi connectivity index (χ1v) is 14.3. The topological polar surface area (TPSA) is 261 Å². The molecule has 1 rings (SSSR count). The van der Waals surface area contributed by atoms with E-state index in [1.165, 1.54) is 26.0 Å². The number of rotatable bonds is 20. The molecule has 43 heavy (non-hydrogen) atoms.